The zero-order chi connectivity index (χ0) is 15.7. The third-order valence-corrected chi connectivity index (χ3v) is 7.81. The van der Waals surface area contributed by atoms with E-state index in [1.54, 1.807) is 0 Å². The molecular formula is C19H28O3. The standard InChI is InChI=1S/C19H28O3/c1-18-8-7-12(20)9-11(18)3-4-13-14-5-6-16(22)19(14,2)10-15(21)17(13)18/h7-8,11-15,17,20-21H,3-6,9-10H2,1-2H3/t11?,12?,13-,14-,15?,17-,18-,19-/m0/s1. The largest absolute Gasteiger partial charge is 0.393 e. The van der Waals surface area contributed by atoms with Crippen LogP contribution >= 0.6 is 0 Å². The lowest BCUT2D eigenvalue weighted by molar-refractivity contribution is -0.155. The molecule has 4 aliphatic rings. The molecule has 4 aliphatic carbocycles. The van der Waals surface area contributed by atoms with E-state index in [4.69, 9.17) is 0 Å². The summed E-state index contributed by atoms with van der Waals surface area (Å²) in [5.74, 6) is 1.99. The van der Waals surface area contributed by atoms with Crippen LogP contribution in [0.4, 0.5) is 0 Å². The molecule has 0 bridgehead atoms. The molecule has 0 radical (unpaired) electrons. The molecule has 0 aromatic rings. The molecule has 0 amide bonds. The zero-order valence-electron chi connectivity index (χ0n) is 13.7. The van der Waals surface area contributed by atoms with Crippen molar-refractivity contribution in [1.82, 2.24) is 0 Å². The summed E-state index contributed by atoms with van der Waals surface area (Å²) in [6.07, 6.45) is 8.80. The van der Waals surface area contributed by atoms with Crippen LogP contribution in [0, 0.1) is 34.5 Å². The van der Waals surface area contributed by atoms with Crippen LogP contribution in [0.3, 0.4) is 0 Å². The Morgan fingerprint density at radius 3 is 2.73 bits per heavy atom. The molecule has 122 valence electrons. The Labute approximate surface area is 132 Å². The van der Waals surface area contributed by atoms with Crippen LogP contribution < -0.4 is 0 Å². The molecule has 0 aromatic carbocycles. The minimum Gasteiger partial charge on any atom is -0.393 e. The number of fused-ring (bicyclic) bond motifs is 5. The second-order valence-electron chi connectivity index (χ2n) is 8.75. The number of hydrogen-bond acceptors (Lipinski definition) is 3. The molecule has 0 spiro atoms. The highest BCUT2D eigenvalue weighted by atomic mass is 16.3. The first kappa shape index (κ1) is 14.9. The maximum absolute atomic E-state index is 12.4. The minimum absolute atomic E-state index is 0.0193. The Kier molecular flexibility index (Phi) is 3.16. The van der Waals surface area contributed by atoms with Crippen molar-refractivity contribution in [2.24, 2.45) is 34.5 Å². The van der Waals surface area contributed by atoms with Crippen LogP contribution in [-0.4, -0.2) is 28.2 Å². The van der Waals surface area contributed by atoms with Crippen molar-refractivity contribution in [3.63, 3.8) is 0 Å². The van der Waals surface area contributed by atoms with Gasteiger partial charge >= 0.3 is 0 Å². The number of ketones is 1. The van der Waals surface area contributed by atoms with E-state index in [0.717, 1.165) is 25.7 Å². The summed E-state index contributed by atoms with van der Waals surface area (Å²) in [5.41, 5.74) is -0.309. The van der Waals surface area contributed by atoms with E-state index in [1.165, 1.54) is 0 Å². The van der Waals surface area contributed by atoms with E-state index in [1.807, 2.05) is 6.08 Å². The van der Waals surface area contributed by atoms with Gasteiger partial charge in [0.2, 0.25) is 0 Å². The zero-order valence-corrected chi connectivity index (χ0v) is 13.7. The molecule has 0 aliphatic heterocycles. The molecule has 2 N–H and O–H groups in total. The van der Waals surface area contributed by atoms with Gasteiger partial charge in [-0.05, 0) is 61.2 Å². The fraction of sp³-hybridized carbons (Fsp3) is 0.842. The summed E-state index contributed by atoms with van der Waals surface area (Å²) < 4.78 is 0. The summed E-state index contributed by atoms with van der Waals surface area (Å²) in [4.78, 5) is 12.4. The number of allylic oxidation sites excluding steroid dienone is 1. The van der Waals surface area contributed by atoms with Gasteiger partial charge in [0.05, 0.1) is 12.2 Å². The van der Waals surface area contributed by atoms with Crippen molar-refractivity contribution >= 4 is 5.78 Å². The van der Waals surface area contributed by atoms with Crippen molar-refractivity contribution in [3.8, 4) is 0 Å². The lowest BCUT2D eigenvalue weighted by atomic mass is 9.45. The van der Waals surface area contributed by atoms with E-state index < -0.39 is 0 Å². The Hall–Kier alpha value is -0.670. The van der Waals surface area contributed by atoms with Gasteiger partial charge in [0, 0.05) is 11.8 Å². The summed E-state index contributed by atoms with van der Waals surface area (Å²) in [7, 11) is 0. The predicted molar refractivity (Wildman–Crippen MR) is 84.0 cm³/mol. The summed E-state index contributed by atoms with van der Waals surface area (Å²) in [5, 5.41) is 20.9. The van der Waals surface area contributed by atoms with Gasteiger partial charge in [0.15, 0.2) is 0 Å². The lowest BCUT2D eigenvalue weighted by Crippen LogP contribution is -2.58. The molecule has 8 atom stereocenters. The molecule has 3 saturated carbocycles. The van der Waals surface area contributed by atoms with E-state index >= 15 is 0 Å². The summed E-state index contributed by atoms with van der Waals surface area (Å²) in [6, 6.07) is 0. The number of aliphatic hydroxyl groups is 2. The van der Waals surface area contributed by atoms with Crippen LogP contribution in [0.15, 0.2) is 12.2 Å². The average Bonchev–Trinajstić information content (AvgIpc) is 2.75. The van der Waals surface area contributed by atoms with Gasteiger partial charge in [0.25, 0.3) is 0 Å². The Morgan fingerprint density at radius 2 is 1.95 bits per heavy atom. The lowest BCUT2D eigenvalue weighted by Gasteiger charge is -2.59. The smallest absolute Gasteiger partial charge is 0.139 e. The molecule has 3 fully saturated rings. The van der Waals surface area contributed by atoms with Crippen LogP contribution in [0.5, 0.6) is 0 Å². The first-order valence-electron chi connectivity index (χ1n) is 8.95. The number of Topliss-reactive ketones (excluding diaryl/α,β-unsaturated/α-hetero) is 1. The Bertz CT molecular complexity index is 527. The van der Waals surface area contributed by atoms with Crippen LogP contribution in [0.1, 0.15) is 52.4 Å². The molecule has 22 heavy (non-hydrogen) atoms. The van der Waals surface area contributed by atoms with Crippen molar-refractivity contribution in [2.45, 2.75) is 64.6 Å². The highest BCUT2D eigenvalue weighted by molar-refractivity contribution is 5.87. The van der Waals surface area contributed by atoms with Gasteiger partial charge in [-0.3, -0.25) is 4.79 Å². The normalized spacial score (nSPS) is 57.2. The third-order valence-electron chi connectivity index (χ3n) is 7.81. The second kappa shape index (κ2) is 4.67. The maximum Gasteiger partial charge on any atom is 0.139 e. The van der Waals surface area contributed by atoms with Crippen molar-refractivity contribution in [3.05, 3.63) is 12.2 Å². The quantitative estimate of drug-likeness (QED) is 0.677. The minimum atomic E-state index is -0.388. The van der Waals surface area contributed by atoms with E-state index in [-0.39, 0.29) is 29.0 Å². The SMILES string of the molecule is C[C@]12C=CC(O)CC1CC[C@@H]1[C@H]2C(O)C[C@]2(C)C(=O)CC[C@@H]12. The fourth-order valence-corrected chi connectivity index (χ4v) is 6.69. The number of rotatable bonds is 0. The highest BCUT2D eigenvalue weighted by Gasteiger charge is 2.62. The first-order chi connectivity index (χ1) is 10.4. The van der Waals surface area contributed by atoms with Gasteiger partial charge in [-0.2, -0.15) is 0 Å². The maximum atomic E-state index is 12.4. The molecular weight excluding hydrogens is 276 g/mol. The van der Waals surface area contributed by atoms with Gasteiger partial charge in [-0.15, -0.1) is 0 Å². The van der Waals surface area contributed by atoms with E-state index in [9.17, 15) is 15.0 Å². The highest BCUT2D eigenvalue weighted by Crippen LogP contribution is 2.64. The van der Waals surface area contributed by atoms with Crippen molar-refractivity contribution in [2.75, 3.05) is 0 Å². The van der Waals surface area contributed by atoms with E-state index in [2.05, 4.69) is 19.9 Å². The molecule has 0 aromatic heterocycles. The Balaban J connectivity index is 1.73. The Morgan fingerprint density at radius 1 is 1.18 bits per heavy atom. The molecule has 0 heterocycles. The predicted octanol–water partition coefficient (Wildman–Crippen LogP) is 2.71. The molecule has 3 unspecified atom stereocenters. The number of carbonyl (C=O) groups is 1. The van der Waals surface area contributed by atoms with Gasteiger partial charge in [0.1, 0.15) is 5.78 Å². The molecule has 3 nitrogen and oxygen atoms in total. The fourth-order valence-electron chi connectivity index (χ4n) is 6.69. The van der Waals surface area contributed by atoms with Gasteiger partial charge in [-0.1, -0.05) is 26.0 Å². The van der Waals surface area contributed by atoms with Crippen molar-refractivity contribution in [1.29, 1.82) is 0 Å². The monoisotopic (exact) mass is 304 g/mol. The van der Waals surface area contributed by atoms with Crippen LogP contribution in [-0.2, 0) is 4.79 Å². The van der Waals surface area contributed by atoms with E-state index in [0.29, 0.717) is 36.4 Å². The van der Waals surface area contributed by atoms with Crippen LogP contribution in [0.25, 0.3) is 0 Å². The number of aliphatic hydroxyl groups excluding tert-OH is 2. The second-order valence-corrected chi connectivity index (χ2v) is 8.75. The van der Waals surface area contributed by atoms with Gasteiger partial charge < -0.3 is 10.2 Å². The first-order valence-corrected chi connectivity index (χ1v) is 8.95. The molecule has 0 saturated heterocycles. The number of hydrogen-bond donors (Lipinski definition) is 2. The average molecular weight is 304 g/mol. The summed E-state index contributed by atoms with van der Waals surface area (Å²) >= 11 is 0. The molecule has 4 rings (SSSR count). The van der Waals surface area contributed by atoms with Gasteiger partial charge in [-0.25, -0.2) is 0 Å². The summed E-state index contributed by atoms with van der Waals surface area (Å²) in [6.45, 7) is 4.38. The third kappa shape index (κ3) is 1.78. The molecule has 3 heteroatoms. The van der Waals surface area contributed by atoms with Crippen molar-refractivity contribution < 1.29 is 15.0 Å². The van der Waals surface area contributed by atoms with Crippen LogP contribution in [0.2, 0.25) is 0 Å². The number of carbonyl (C=O) groups excluding carboxylic acids is 1. The topological polar surface area (TPSA) is 57.5 Å².